The van der Waals surface area contributed by atoms with Crippen LogP contribution in [0.25, 0.3) is 10.4 Å². The Labute approximate surface area is 109 Å². The molecule has 7 heteroatoms. The van der Waals surface area contributed by atoms with Gasteiger partial charge in [0.1, 0.15) is 6.73 Å². The zero-order valence-corrected chi connectivity index (χ0v) is 12.6. The average Bonchev–Trinajstić information content (AvgIpc) is 2.61. The van der Waals surface area contributed by atoms with E-state index in [0.29, 0.717) is 13.3 Å². The van der Waals surface area contributed by atoms with E-state index in [-0.39, 0.29) is 0 Å². The van der Waals surface area contributed by atoms with Crippen LogP contribution in [0.1, 0.15) is 11.3 Å². The molecule has 1 rings (SSSR count). The highest BCUT2D eigenvalue weighted by molar-refractivity contribution is 6.76. The van der Waals surface area contributed by atoms with E-state index in [4.69, 9.17) is 10.3 Å². The van der Waals surface area contributed by atoms with E-state index in [1.54, 1.807) is 4.68 Å². The minimum atomic E-state index is -1.03. The minimum absolute atomic E-state index is 0.296. The monoisotopic (exact) mass is 267 g/mol. The third-order valence-corrected chi connectivity index (χ3v) is 4.25. The Balaban J connectivity index is 2.41. The fourth-order valence-corrected chi connectivity index (χ4v) is 2.18. The van der Waals surface area contributed by atoms with Crippen molar-refractivity contribution in [1.82, 2.24) is 9.78 Å². The van der Waals surface area contributed by atoms with Gasteiger partial charge >= 0.3 is 0 Å². The number of ether oxygens (including phenoxy) is 1. The van der Waals surface area contributed by atoms with Gasteiger partial charge in [-0.2, -0.15) is 5.10 Å². The molecular weight excluding hydrogens is 246 g/mol. The Kier molecular flexibility index (Phi) is 5.40. The molecule has 100 valence electrons. The van der Waals surface area contributed by atoms with E-state index in [2.05, 4.69) is 34.8 Å². The smallest absolute Gasteiger partial charge is 0.139 e. The van der Waals surface area contributed by atoms with Gasteiger partial charge < -0.3 is 4.74 Å². The van der Waals surface area contributed by atoms with Gasteiger partial charge in [0.25, 0.3) is 0 Å². The van der Waals surface area contributed by atoms with Crippen LogP contribution in [0.3, 0.4) is 0 Å². The molecule has 0 radical (unpaired) electrons. The van der Waals surface area contributed by atoms with Crippen molar-refractivity contribution < 1.29 is 4.74 Å². The molecule has 0 spiro atoms. The molecule has 0 unspecified atom stereocenters. The lowest BCUT2D eigenvalue weighted by molar-refractivity contribution is 0.0783. The van der Waals surface area contributed by atoms with Crippen LogP contribution in [0.5, 0.6) is 0 Å². The van der Waals surface area contributed by atoms with Crippen molar-refractivity contribution in [3.05, 3.63) is 27.9 Å². The molecule has 0 atom stereocenters. The highest BCUT2D eigenvalue weighted by Gasteiger charge is 2.12. The SMILES string of the molecule is Cc1cn(COCC[Si](C)(C)C)nc1CN=[N+]=[N-]. The van der Waals surface area contributed by atoms with Gasteiger partial charge in [-0.05, 0) is 24.1 Å². The Morgan fingerprint density at radius 2 is 2.22 bits per heavy atom. The van der Waals surface area contributed by atoms with Crippen molar-refractivity contribution in [2.45, 2.75) is 45.9 Å². The summed E-state index contributed by atoms with van der Waals surface area (Å²) in [5.41, 5.74) is 10.1. The van der Waals surface area contributed by atoms with E-state index in [1.165, 1.54) is 0 Å². The van der Waals surface area contributed by atoms with Crippen LogP contribution in [0, 0.1) is 6.92 Å². The van der Waals surface area contributed by atoms with Gasteiger partial charge in [0.15, 0.2) is 0 Å². The maximum atomic E-state index is 8.28. The summed E-state index contributed by atoms with van der Waals surface area (Å²) in [6, 6.07) is 1.15. The number of nitrogens with zero attached hydrogens (tertiary/aromatic N) is 5. The van der Waals surface area contributed by atoms with E-state index < -0.39 is 8.07 Å². The lowest BCUT2D eigenvalue weighted by Crippen LogP contribution is -2.22. The zero-order valence-electron chi connectivity index (χ0n) is 11.6. The highest BCUT2D eigenvalue weighted by atomic mass is 28.3. The maximum absolute atomic E-state index is 8.28. The number of azide groups is 1. The first-order valence-corrected chi connectivity index (χ1v) is 9.74. The second-order valence-corrected chi connectivity index (χ2v) is 11.2. The third-order valence-electron chi connectivity index (χ3n) is 2.55. The van der Waals surface area contributed by atoms with Gasteiger partial charge in [0, 0.05) is 25.8 Å². The van der Waals surface area contributed by atoms with Gasteiger partial charge in [-0.15, -0.1) is 0 Å². The summed E-state index contributed by atoms with van der Waals surface area (Å²) in [5.74, 6) is 0. The van der Waals surface area contributed by atoms with Crippen LogP contribution < -0.4 is 0 Å². The minimum Gasteiger partial charge on any atom is -0.360 e. The first-order valence-electron chi connectivity index (χ1n) is 6.04. The average molecular weight is 267 g/mol. The third kappa shape index (κ3) is 5.35. The molecule has 0 aliphatic rings. The fraction of sp³-hybridized carbons (Fsp3) is 0.727. The number of hydrogen-bond acceptors (Lipinski definition) is 3. The largest absolute Gasteiger partial charge is 0.360 e. The maximum Gasteiger partial charge on any atom is 0.139 e. The van der Waals surface area contributed by atoms with E-state index in [0.717, 1.165) is 23.9 Å². The molecule has 0 fully saturated rings. The van der Waals surface area contributed by atoms with Crippen LogP contribution in [0.15, 0.2) is 11.3 Å². The van der Waals surface area contributed by atoms with Crippen molar-refractivity contribution in [3.63, 3.8) is 0 Å². The van der Waals surface area contributed by atoms with Gasteiger partial charge in [0.05, 0.1) is 12.2 Å². The molecule has 0 saturated carbocycles. The van der Waals surface area contributed by atoms with Crippen LogP contribution in [-0.2, 0) is 18.0 Å². The van der Waals surface area contributed by atoms with Crippen molar-refractivity contribution in [1.29, 1.82) is 0 Å². The summed E-state index contributed by atoms with van der Waals surface area (Å²) in [4.78, 5) is 2.73. The summed E-state index contributed by atoms with van der Waals surface area (Å²) >= 11 is 0. The quantitative estimate of drug-likeness (QED) is 0.250. The Morgan fingerprint density at radius 1 is 1.50 bits per heavy atom. The lowest BCUT2D eigenvalue weighted by atomic mass is 10.3. The number of rotatable bonds is 7. The predicted molar refractivity (Wildman–Crippen MR) is 73.9 cm³/mol. The molecule has 0 aliphatic heterocycles. The molecule has 1 heterocycles. The molecule has 0 amide bonds. The molecule has 6 nitrogen and oxygen atoms in total. The second kappa shape index (κ2) is 6.58. The molecule has 18 heavy (non-hydrogen) atoms. The van der Waals surface area contributed by atoms with Crippen molar-refractivity contribution in [2.75, 3.05) is 6.61 Å². The molecule has 0 N–H and O–H groups in total. The number of hydrogen-bond donors (Lipinski definition) is 0. The summed E-state index contributed by atoms with van der Waals surface area (Å²) in [5, 5.41) is 7.83. The molecule has 0 aliphatic carbocycles. The van der Waals surface area contributed by atoms with E-state index in [9.17, 15) is 0 Å². The summed E-state index contributed by atoms with van der Waals surface area (Å²) in [7, 11) is -1.03. The second-order valence-electron chi connectivity index (χ2n) is 5.54. The predicted octanol–water partition coefficient (Wildman–Crippen LogP) is 3.31. The van der Waals surface area contributed by atoms with Crippen molar-refractivity contribution >= 4 is 8.07 Å². The normalized spacial score (nSPS) is 11.3. The highest BCUT2D eigenvalue weighted by Crippen LogP contribution is 2.09. The van der Waals surface area contributed by atoms with Crippen LogP contribution in [-0.4, -0.2) is 24.5 Å². The summed E-state index contributed by atoms with van der Waals surface area (Å²) in [6.45, 7) is 10.5. The van der Waals surface area contributed by atoms with Gasteiger partial charge in [-0.25, -0.2) is 4.68 Å². The van der Waals surface area contributed by atoms with Crippen LogP contribution >= 0.6 is 0 Å². The number of aromatic nitrogens is 2. The van der Waals surface area contributed by atoms with Gasteiger partial charge in [-0.1, -0.05) is 24.8 Å². The molecule has 0 saturated heterocycles. The Bertz CT molecular complexity index is 431. The topological polar surface area (TPSA) is 75.8 Å². The Morgan fingerprint density at radius 3 is 2.83 bits per heavy atom. The molecule has 1 aromatic rings. The summed E-state index contributed by atoms with van der Waals surface area (Å²) in [6.07, 6.45) is 1.91. The van der Waals surface area contributed by atoms with Gasteiger partial charge in [0.2, 0.25) is 0 Å². The Hall–Kier alpha value is -1.30. The molecule has 1 aromatic heterocycles. The molecule has 0 bridgehead atoms. The first kappa shape index (κ1) is 14.8. The fourth-order valence-electron chi connectivity index (χ4n) is 1.42. The van der Waals surface area contributed by atoms with Crippen molar-refractivity contribution in [3.8, 4) is 0 Å². The standard InChI is InChI=1S/C11H21N5OSi/c1-10-8-16(14-11(10)7-13-15-12)9-17-5-6-18(2,3)4/h8H,5-7,9H2,1-4H3. The van der Waals surface area contributed by atoms with Crippen molar-refractivity contribution in [2.24, 2.45) is 5.11 Å². The number of aryl methyl sites for hydroxylation is 1. The lowest BCUT2D eigenvalue weighted by Gasteiger charge is -2.15. The van der Waals surface area contributed by atoms with E-state index >= 15 is 0 Å². The van der Waals surface area contributed by atoms with Crippen LogP contribution in [0.4, 0.5) is 0 Å². The van der Waals surface area contributed by atoms with E-state index in [1.807, 2.05) is 13.1 Å². The van der Waals surface area contributed by atoms with Crippen LogP contribution in [0.2, 0.25) is 25.7 Å². The molecule has 0 aromatic carbocycles. The molecular formula is C11H21N5OSi. The summed E-state index contributed by atoms with van der Waals surface area (Å²) < 4.78 is 7.35. The zero-order chi connectivity index (χ0) is 13.6. The first-order chi connectivity index (χ1) is 8.42. The van der Waals surface area contributed by atoms with Gasteiger partial charge in [-0.3, -0.25) is 0 Å².